The van der Waals surface area contributed by atoms with Crippen molar-refractivity contribution in [3.63, 3.8) is 0 Å². The van der Waals surface area contributed by atoms with Crippen molar-refractivity contribution < 1.29 is 23.5 Å². The van der Waals surface area contributed by atoms with E-state index in [-0.39, 0.29) is 17.4 Å². The number of hydrogen-bond acceptors (Lipinski definition) is 5. The first-order chi connectivity index (χ1) is 15.7. The van der Waals surface area contributed by atoms with E-state index in [1.54, 1.807) is 0 Å². The van der Waals surface area contributed by atoms with Crippen LogP contribution >= 0.6 is 0 Å². The molecule has 5 nitrogen and oxygen atoms in total. The fraction of sp³-hybridized carbons (Fsp3) is 0.481. The summed E-state index contributed by atoms with van der Waals surface area (Å²) < 4.78 is 16.7. The average Bonchev–Trinajstić information content (AvgIpc) is 2.81. The highest BCUT2D eigenvalue weighted by atomic mass is 28.4. The normalized spacial score (nSPS) is 12.8. The summed E-state index contributed by atoms with van der Waals surface area (Å²) in [5.74, 6) is -0.884. The Morgan fingerprint density at radius 1 is 0.909 bits per heavy atom. The maximum atomic E-state index is 11.8. The highest BCUT2D eigenvalue weighted by Crippen LogP contribution is 2.36. The maximum Gasteiger partial charge on any atom is 0.317 e. The molecule has 2 aromatic carbocycles. The second-order valence-corrected chi connectivity index (χ2v) is 13.7. The van der Waals surface area contributed by atoms with Gasteiger partial charge in [-0.25, -0.2) is 0 Å². The summed E-state index contributed by atoms with van der Waals surface area (Å²) in [7, 11) is -1.27. The Morgan fingerprint density at radius 3 is 1.91 bits per heavy atom. The third kappa shape index (κ3) is 7.27. The molecule has 0 radical (unpaired) electrons. The molecule has 0 amide bonds. The van der Waals surface area contributed by atoms with Gasteiger partial charge in [-0.2, -0.15) is 0 Å². The van der Waals surface area contributed by atoms with E-state index in [2.05, 4.69) is 81.0 Å². The zero-order chi connectivity index (χ0) is 24.3. The lowest BCUT2D eigenvalue weighted by Crippen LogP contribution is -2.66. The van der Waals surface area contributed by atoms with E-state index in [0.717, 1.165) is 19.3 Å². The van der Waals surface area contributed by atoms with Crippen LogP contribution in [-0.4, -0.2) is 40.6 Å². The monoisotopic (exact) mass is 470 g/mol. The molecule has 0 spiro atoms. The van der Waals surface area contributed by atoms with Gasteiger partial charge in [-0.1, -0.05) is 94.8 Å². The molecule has 180 valence electrons. The Kier molecular flexibility index (Phi) is 10.3. The number of carbonyl (C=O) groups excluding carboxylic acids is 2. The first-order valence-corrected chi connectivity index (χ1v) is 13.6. The van der Waals surface area contributed by atoms with E-state index < -0.39 is 20.3 Å². The van der Waals surface area contributed by atoms with Crippen LogP contribution in [-0.2, 0) is 23.5 Å². The molecule has 0 saturated carbocycles. The average molecular weight is 471 g/mol. The van der Waals surface area contributed by atoms with Crippen molar-refractivity contribution >= 4 is 30.6 Å². The molecule has 0 unspecified atom stereocenters. The van der Waals surface area contributed by atoms with Gasteiger partial charge in [0.1, 0.15) is 6.42 Å². The van der Waals surface area contributed by atoms with Gasteiger partial charge in [-0.3, -0.25) is 9.59 Å². The predicted molar refractivity (Wildman–Crippen MR) is 134 cm³/mol. The van der Waals surface area contributed by atoms with E-state index in [4.69, 9.17) is 9.16 Å². The molecule has 0 heterocycles. The van der Waals surface area contributed by atoms with Crippen LogP contribution in [0.1, 0.15) is 53.4 Å². The van der Waals surface area contributed by atoms with Crippen molar-refractivity contribution in [2.45, 2.75) is 58.4 Å². The van der Waals surface area contributed by atoms with Crippen molar-refractivity contribution in [1.82, 2.24) is 0 Å². The van der Waals surface area contributed by atoms with Crippen LogP contribution in [0.3, 0.4) is 0 Å². The largest absolute Gasteiger partial charge is 0.469 e. The fourth-order valence-corrected chi connectivity index (χ4v) is 8.82. The van der Waals surface area contributed by atoms with Crippen LogP contribution < -0.4 is 10.4 Å². The number of carbonyl (C=O) groups is 2. The second kappa shape index (κ2) is 12.7. The van der Waals surface area contributed by atoms with Crippen molar-refractivity contribution in [3.8, 4) is 0 Å². The summed E-state index contributed by atoms with van der Waals surface area (Å²) in [6, 6.07) is 21.2. The van der Waals surface area contributed by atoms with Gasteiger partial charge in [-0.15, -0.1) is 0 Å². The molecule has 2 rings (SSSR count). The van der Waals surface area contributed by atoms with E-state index >= 15 is 0 Å². The van der Waals surface area contributed by atoms with Gasteiger partial charge in [0.15, 0.2) is 0 Å². The molecular weight excluding hydrogens is 432 g/mol. The van der Waals surface area contributed by atoms with Crippen molar-refractivity contribution in [2.24, 2.45) is 5.92 Å². The zero-order valence-electron chi connectivity index (χ0n) is 20.6. The molecule has 0 aliphatic heterocycles. The highest BCUT2D eigenvalue weighted by molar-refractivity contribution is 6.99. The predicted octanol–water partition coefficient (Wildman–Crippen LogP) is 4.48. The lowest BCUT2D eigenvalue weighted by molar-refractivity contribution is -0.153. The molecular formula is C27H38O5Si. The van der Waals surface area contributed by atoms with Gasteiger partial charge in [-0.05, 0) is 34.2 Å². The highest BCUT2D eigenvalue weighted by Gasteiger charge is 2.49. The number of esters is 2. The second-order valence-electron chi connectivity index (χ2n) is 9.36. The summed E-state index contributed by atoms with van der Waals surface area (Å²) in [6.07, 6.45) is 2.31. The Hall–Kier alpha value is -2.44. The lowest BCUT2D eigenvalue weighted by Gasteiger charge is -2.43. The molecule has 6 heteroatoms. The third-order valence-electron chi connectivity index (χ3n) is 6.07. The molecule has 0 aliphatic rings. The molecule has 2 aromatic rings. The van der Waals surface area contributed by atoms with E-state index in [1.165, 1.54) is 17.5 Å². The number of ether oxygens (including phenoxy) is 2. The Bertz CT molecular complexity index is 822. The van der Waals surface area contributed by atoms with Crippen molar-refractivity contribution in [2.75, 3.05) is 20.3 Å². The topological polar surface area (TPSA) is 61.8 Å². The minimum Gasteiger partial charge on any atom is -0.469 e. The van der Waals surface area contributed by atoms with E-state index in [1.807, 2.05) is 12.1 Å². The molecule has 33 heavy (non-hydrogen) atoms. The number of hydrogen-bond donors (Lipinski definition) is 0. The lowest BCUT2D eigenvalue weighted by atomic mass is 10.0. The van der Waals surface area contributed by atoms with Gasteiger partial charge in [0.25, 0.3) is 8.32 Å². The molecule has 1 atom stereocenters. The molecule has 0 N–H and O–H groups in total. The number of rotatable bonds is 12. The van der Waals surface area contributed by atoms with Crippen LogP contribution in [0.2, 0.25) is 5.04 Å². The summed E-state index contributed by atoms with van der Waals surface area (Å²) >= 11 is 0. The van der Waals surface area contributed by atoms with Crippen LogP contribution in [0.15, 0.2) is 60.7 Å². The van der Waals surface area contributed by atoms with Crippen molar-refractivity contribution in [3.05, 3.63) is 60.7 Å². The SMILES string of the molecule is CC[C@@H](CCCO[Si](c1ccccc1)(c1ccccc1)C(C)(C)C)COC(=O)CC(=O)OC. The Morgan fingerprint density at radius 2 is 1.45 bits per heavy atom. The maximum absolute atomic E-state index is 11.8. The summed E-state index contributed by atoms with van der Waals surface area (Å²) in [5.41, 5.74) is 0. The quantitative estimate of drug-likeness (QED) is 0.198. The van der Waals surface area contributed by atoms with Gasteiger partial charge in [0.2, 0.25) is 0 Å². The Balaban J connectivity index is 2.08. The summed E-state index contributed by atoms with van der Waals surface area (Å²) in [4.78, 5) is 23.0. The van der Waals surface area contributed by atoms with Crippen molar-refractivity contribution in [1.29, 1.82) is 0 Å². The van der Waals surface area contributed by atoms with Gasteiger partial charge < -0.3 is 13.9 Å². The molecule has 0 fully saturated rings. The number of benzene rings is 2. The fourth-order valence-electron chi connectivity index (χ4n) is 4.22. The third-order valence-corrected chi connectivity index (χ3v) is 11.1. The van der Waals surface area contributed by atoms with Gasteiger partial charge in [0, 0.05) is 6.61 Å². The van der Waals surface area contributed by atoms with Crippen LogP contribution in [0.4, 0.5) is 0 Å². The molecule has 0 saturated heterocycles. The Labute approximate surface area is 199 Å². The first-order valence-electron chi connectivity index (χ1n) is 11.7. The summed E-state index contributed by atoms with van der Waals surface area (Å²) in [5, 5.41) is 2.49. The number of methoxy groups -OCH3 is 1. The standard InChI is InChI=1S/C27H38O5Si/c1-6-22(21-31-26(29)20-25(28)30-5)14-13-19-32-33(27(2,3)4,23-15-9-7-10-16-23)24-17-11-8-12-18-24/h7-12,15-18,22H,6,13-14,19-21H2,1-5H3/t22-/m0/s1. The first kappa shape index (κ1) is 26.8. The minimum atomic E-state index is -2.53. The van der Waals surface area contributed by atoms with Gasteiger partial charge in [0.05, 0.1) is 13.7 Å². The molecule has 0 aliphatic carbocycles. The summed E-state index contributed by atoms with van der Waals surface area (Å²) in [6.45, 7) is 9.85. The van der Waals surface area contributed by atoms with Crippen LogP contribution in [0.25, 0.3) is 0 Å². The van der Waals surface area contributed by atoms with E-state index in [9.17, 15) is 9.59 Å². The smallest absolute Gasteiger partial charge is 0.317 e. The van der Waals surface area contributed by atoms with E-state index in [0.29, 0.717) is 13.2 Å². The minimum absolute atomic E-state index is 0.0523. The van der Waals surface area contributed by atoms with Crippen LogP contribution in [0, 0.1) is 5.92 Å². The van der Waals surface area contributed by atoms with Crippen LogP contribution in [0.5, 0.6) is 0 Å². The molecule has 0 bridgehead atoms. The zero-order valence-corrected chi connectivity index (χ0v) is 21.6. The molecule has 0 aromatic heterocycles. The van der Waals surface area contributed by atoms with Gasteiger partial charge >= 0.3 is 11.9 Å².